The van der Waals surface area contributed by atoms with Gasteiger partial charge in [0.1, 0.15) is 6.04 Å². The highest BCUT2D eigenvalue weighted by molar-refractivity contribution is 7.17. The molecule has 39 heavy (non-hydrogen) atoms. The molecular formula is C30H22F3N3O2S. The fraction of sp³-hybridized carbons (Fsp3) is 0.100. The maximum atomic E-state index is 14.0. The fourth-order valence-electron chi connectivity index (χ4n) is 4.34. The number of nitrogens with two attached hydrogens (primary N) is 1. The molecule has 196 valence electrons. The lowest BCUT2D eigenvalue weighted by molar-refractivity contribution is -0.170. The molecule has 0 radical (unpaired) electrons. The maximum Gasteiger partial charge on any atom is 0.471 e. The molecule has 0 aliphatic carbocycles. The normalized spacial score (nSPS) is 12.3. The molecule has 5 aromatic rings. The van der Waals surface area contributed by atoms with Crippen molar-refractivity contribution in [1.29, 1.82) is 0 Å². The zero-order chi connectivity index (χ0) is 27.6. The van der Waals surface area contributed by atoms with Crippen LogP contribution in [0.2, 0.25) is 0 Å². The van der Waals surface area contributed by atoms with Gasteiger partial charge in [0.15, 0.2) is 5.01 Å². The number of carbonyl (C=O) groups excluding carboxylic acids is 2. The molecular weight excluding hydrogens is 523 g/mol. The third-order valence-corrected chi connectivity index (χ3v) is 7.34. The van der Waals surface area contributed by atoms with E-state index < -0.39 is 23.9 Å². The van der Waals surface area contributed by atoms with Crippen LogP contribution in [0.4, 0.5) is 18.9 Å². The van der Waals surface area contributed by atoms with Crippen LogP contribution in [0.25, 0.3) is 21.2 Å². The predicted molar refractivity (Wildman–Crippen MR) is 146 cm³/mol. The number of para-hydroxylation sites is 1. The molecule has 5 nitrogen and oxygen atoms in total. The zero-order valence-electron chi connectivity index (χ0n) is 20.4. The maximum absolute atomic E-state index is 14.0. The van der Waals surface area contributed by atoms with Crippen LogP contribution in [-0.2, 0) is 11.3 Å². The lowest BCUT2D eigenvalue weighted by Crippen LogP contribution is -2.46. The van der Waals surface area contributed by atoms with E-state index >= 15 is 0 Å². The summed E-state index contributed by atoms with van der Waals surface area (Å²) in [7, 11) is 0. The summed E-state index contributed by atoms with van der Waals surface area (Å²) in [4.78, 5) is 32.2. The minimum absolute atomic E-state index is 0.0121. The Hall–Kier alpha value is -4.34. The molecule has 2 N–H and O–H groups in total. The van der Waals surface area contributed by atoms with Gasteiger partial charge in [0.25, 0.3) is 0 Å². The molecule has 1 heterocycles. The Morgan fingerprint density at radius 1 is 0.872 bits per heavy atom. The van der Waals surface area contributed by atoms with Crippen molar-refractivity contribution in [2.24, 2.45) is 5.73 Å². The van der Waals surface area contributed by atoms with Gasteiger partial charge in [-0.1, -0.05) is 78.9 Å². The van der Waals surface area contributed by atoms with E-state index in [1.807, 2.05) is 42.5 Å². The van der Waals surface area contributed by atoms with Crippen LogP contribution in [-0.4, -0.2) is 22.9 Å². The van der Waals surface area contributed by atoms with Crippen molar-refractivity contribution in [1.82, 2.24) is 4.98 Å². The summed E-state index contributed by atoms with van der Waals surface area (Å²) in [6.45, 7) is 0.213. The fourth-order valence-corrected chi connectivity index (χ4v) is 5.22. The summed E-state index contributed by atoms with van der Waals surface area (Å²) in [6, 6.07) is 25.6. The van der Waals surface area contributed by atoms with Crippen LogP contribution >= 0.6 is 11.3 Å². The van der Waals surface area contributed by atoms with Gasteiger partial charge in [-0.2, -0.15) is 13.2 Å². The number of hydrogen-bond acceptors (Lipinski definition) is 5. The number of anilines is 1. The average Bonchev–Trinajstić information content (AvgIpc) is 3.46. The number of nitrogens with zero attached hydrogens (tertiary/aromatic N) is 2. The monoisotopic (exact) mass is 545 g/mol. The number of amides is 1. The first-order chi connectivity index (χ1) is 18.8. The number of halogens is 3. The van der Waals surface area contributed by atoms with Crippen molar-refractivity contribution >= 4 is 39.5 Å². The SMILES string of the molecule is NCc1ccc(C(C(=O)c2ncc(-c3ccc4ccccc4c3)s2)N(C(=O)C(F)(F)F)c2ccccc2)cc1. The molecule has 0 saturated heterocycles. The van der Waals surface area contributed by atoms with E-state index in [1.165, 1.54) is 42.6 Å². The first-order valence-electron chi connectivity index (χ1n) is 12.0. The topological polar surface area (TPSA) is 76.3 Å². The van der Waals surface area contributed by atoms with Gasteiger partial charge >= 0.3 is 12.1 Å². The molecule has 0 aliphatic rings. The average molecular weight is 546 g/mol. The molecule has 1 unspecified atom stereocenters. The zero-order valence-corrected chi connectivity index (χ0v) is 21.2. The van der Waals surface area contributed by atoms with E-state index in [2.05, 4.69) is 4.98 Å². The van der Waals surface area contributed by atoms with E-state index in [1.54, 1.807) is 18.2 Å². The minimum atomic E-state index is -5.22. The van der Waals surface area contributed by atoms with Crippen molar-refractivity contribution in [3.05, 3.63) is 119 Å². The Labute approximate surface area is 226 Å². The summed E-state index contributed by atoms with van der Waals surface area (Å²) in [5.41, 5.74) is 7.38. The number of benzene rings is 4. The smallest absolute Gasteiger partial charge is 0.326 e. The van der Waals surface area contributed by atoms with Gasteiger partial charge in [0, 0.05) is 18.4 Å². The van der Waals surface area contributed by atoms with Crippen molar-refractivity contribution in [3.8, 4) is 10.4 Å². The number of fused-ring (bicyclic) bond motifs is 1. The Morgan fingerprint density at radius 3 is 2.21 bits per heavy atom. The number of alkyl halides is 3. The Balaban J connectivity index is 1.61. The molecule has 1 amide bonds. The molecule has 5 rings (SSSR count). The second-order valence-electron chi connectivity index (χ2n) is 8.81. The van der Waals surface area contributed by atoms with Gasteiger partial charge < -0.3 is 5.73 Å². The highest BCUT2D eigenvalue weighted by atomic mass is 32.1. The number of carbonyl (C=O) groups is 2. The first kappa shape index (κ1) is 26.3. The number of rotatable bonds is 7. The molecule has 1 atom stereocenters. The molecule has 1 aromatic heterocycles. The van der Waals surface area contributed by atoms with Gasteiger partial charge in [-0.3, -0.25) is 14.5 Å². The molecule has 0 aliphatic heterocycles. The van der Waals surface area contributed by atoms with Crippen molar-refractivity contribution in [2.75, 3.05) is 4.90 Å². The van der Waals surface area contributed by atoms with Crippen LogP contribution in [0.1, 0.15) is 27.0 Å². The Morgan fingerprint density at radius 2 is 1.54 bits per heavy atom. The number of thiazole rings is 1. The van der Waals surface area contributed by atoms with E-state index in [0.717, 1.165) is 33.2 Å². The standard InChI is InChI=1S/C30H22F3N3O2S/c31-30(32,33)29(38)36(24-8-2-1-3-9-24)26(21-12-10-19(17-34)11-13-21)27(37)28-35-18-25(39-28)23-15-14-20-6-4-5-7-22(20)16-23/h1-16,18,26H,17,34H2. The summed E-state index contributed by atoms with van der Waals surface area (Å²) < 4.78 is 41.6. The highest BCUT2D eigenvalue weighted by Gasteiger charge is 2.47. The molecule has 9 heteroatoms. The van der Waals surface area contributed by atoms with Gasteiger partial charge in [0.05, 0.1) is 4.88 Å². The summed E-state index contributed by atoms with van der Waals surface area (Å²) in [6.07, 6.45) is -3.69. The predicted octanol–water partition coefficient (Wildman–Crippen LogP) is 6.94. The first-order valence-corrected chi connectivity index (χ1v) is 12.8. The second kappa shape index (κ2) is 10.8. The summed E-state index contributed by atoms with van der Waals surface area (Å²) in [5.74, 6) is -2.88. The lowest BCUT2D eigenvalue weighted by atomic mass is 9.98. The third-order valence-electron chi connectivity index (χ3n) is 6.28. The molecule has 0 bridgehead atoms. The van der Waals surface area contributed by atoms with Gasteiger partial charge in [-0.05, 0) is 45.7 Å². The number of Topliss-reactive ketones (excluding diaryl/α,β-unsaturated/α-hetero) is 1. The highest BCUT2D eigenvalue weighted by Crippen LogP contribution is 2.37. The minimum Gasteiger partial charge on any atom is -0.326 e. The Kier molecular flexibility index (Phi) is 7.28. The third kappa shape index (κ3) is 5.45. The molecule has 4 aromatic carbocycles. The van der Waals surface area contributed by atoms with Gasteiger partial charge in [-0.15, -0.1) is 11.3 Å². The second-order valence-corrected chi connectivity index (χ2v) is 9.84. The Bertz CT molecular complexity index is 1630. The van der Waals surface area contributed by atoms with Gasteiger partial charge in [-0.25, -0.2) is 4.98 Å². The summed E-state index contributed by atoms with van der Waals surface area (Å²) >= 11 is 1.07. The lowest BCUT2D eigenvalue weighted by Gasteiger charge is -2.31. The molecule has 0 spiro atoms. The molecule has 0 fully saturated rings. The van der Waals surface area contributed by atoms with Crippen LogP contribution in [0, 0.1) is 0 Å². The van der Waals surface area contributed by atoms with Gasteiger partial charge in [0.2, 0.25) is 5.78 Å². The quantitative estimate of drug-likeness (QED) is 0.225. The van der Waals surface area contributed by atoms with Crippen molar-refractivity contribution < 1.29 is 22.8 Å². The van der Waals surface area contributed by atoms with E-state index in [9.17, 15) is 22.8 Å². The van der Waals surface area contributed by atoms with E-state index in [4.69, 9.17) is 5.73 Å². The van der Waals surface area contributed by atoms with E-state index in [0.29, 0.717) is 9.78 Å². The number of ketones is 1. The van der Waals surface area contributed by atoms with Crippen LogP contribution < -0.4 is 10.6 Å². The van der Waals surface area contributed by atoms with Crippen LogP contribution in [0.5, 0.6) is 0 Å². The number of hydrogen-bond donors (Lipinski definition) is 1. The van der Waals surface area contributed by atoms with Crippen molar-refractivity contribution in [2.45, 2.75) is 18.8 Å². The van der Waals surface area contributed by atoms with Crippen LogP contribution in [0.15, 0.2) is 103 Å². The van der Waals surface area contributed by atoms with Crippen LogP contribution in [0.3, 0.4) is 0 Å². The van der Waals surface area contributed by atoms with Crippen molar-refractivity contribution in [3.63, 3.8) is 0 Å². The number of aromatic nitrogens is 1. The van der Waals surface area contributed by atoms with E-state index in [-0.39, 0.29) is 22.8 Å². The molecule has 0 saturated carbocycles. The summed E-state index contributed by atoms with van der Waals surface area (Å²) in [5, 5.41) is 2.04. The largest absolute Gasteiger partial charge is 0.471 e.